The predicted molar refractivity (Wildman–Crippen MR) is 63.0 cm³/mol. The summed E-state index contributed by atoms with van der Waals surface area (Å²) in [6, 6.07) is 0. The molecule has 3 nitrogen and oxygen atoms in total. The maximum Gasteiger partial charge on any atom is 0.0967 e. The van der Waals surface area contributed by atoms with Crippen LogP contribution in [-0.2, 0) is 0 Å². The van der Waals surface area contributed by atoms with Gasteiger partial charge in [-0.2, -0.15) is 0 Å². The van der Waals surface area contributed by atoms with Gasteiger partial charge in [-0.05, 0) is 46.7 Å². The van der Waals surface area contributed by atoms with Crippen LogP contribution in [0.25, 0.3) is 0 Å². The Morgan fingerprint density at radius 2 is 2.29 bits per heavy atom. The Labute approximate surface area is 91.7 Å². The first-order chi connectivity index (χ1) is 6.61. The maximum absolute atomic E-state index is 7.15. The van der Waals surface area contributed by atoms with Crippen LogP contribution in [0.3, 0.4) is 0 Å². The molecule has 4 heteroatoms. The zero-order chi connectivity index (χ0) is 10.6. The van der Waals surface area contributed by atoms with Gasteiger partial charge in [-0.25, -0.2) is 0 Å². The highest BCUT2D eigenvalue weighted by atomic mass is 79.9. The number of rotatable bonds is 2. The molecule has 1 aliphatic rings. The molecular weight excluding hydrogens is 242 g/mol. The fourth-order valence-corrected chi connectivity index (χ4v) is 1.21. The Kier molecular flexibility index (Phi) is 3.71. The highest BCUT2D eigenvalue weighted by molar-refractivity contribution is 9.18. The average Bonchev–Trinajstić information content (AvgIpc) is 2.15. The lowest BCUT2D eigenvalue weighted by Crippen LogP contribution is -2.15. The monoisotopic (exact) mass is 253 g/mol. The number of hydrogen-bond acceptors (Lipinski definition) is 3. The number of dihydropyridines is 1. The van der Waals surface area contributed by atoms with Crippen LogP contribution in [-0.4, -0.2) is 4.62 Å². The first-order valence-corrected chi connectivity index (χ1v) is 4.93. The highest BCUT2D eigenvalue weighted by Crippen LogP contribution is 2.13. The minimum Gasteiger partial charge on any atom is -0.397 e. The Morgan fingerprint density at radius 3 is 2.86 bits per heavy atom. The third-order valence-electron chi connectivity index (χ3n) is 1.76. The molecule has 0 spiro atoms. The predicted octanol–water partition coefficient (Wildman–Crippen LogP) is 2.15. The molecule has 1 heterocycles. The molecule has 0 unspecified atom stereocenters. The van der Waals surface area contributed by atoms with Gasteiger partial charge >= 0.3 is 0 Å². The third-order valence-corrected chi connectivity index (χ3v) is 2.03. The second-order valence-corrected chi connectivity index (χ2v) is 3.72. The lowest BCUT2D eigenvalue weighted by molar-refractivity contribution is 1.01. The van der Waals surface area contributed by atoms with Crippen molar-refractivity contribution >= 4 is 20.6 Å². The van der Waals surface area contributed by atoms with Crippen LogP contribution in [0.2, 0.25) is 0 Å². The zero-order valence-electron chi connectivity index (χ0n) is 7.84. The van der Waals surface area contributed by atoms with Gasteiger partial charge in [0.1, 0.15) is 0 Å². The van der Waals surface area contributed by atoms with E-state index in [0.717, 1.165) is 11.3 Å². The molecule has 0 radical (unpaired) electrons. The lowest BCUT2D eigenvalue weighted by atomic mass is 10.1. The van der Waals surface area contributed by atoms with E-state index < -0.39 is 0 Å². The van der Waals surface area contributed by atoms with E-state index in [1.165, 1.54) is 0 Å². The van der Waals surface area contributed by atoms with Crippen molar-refractivity contribution in [2.24, 2.45) is 5.73 Å². The Morgan fingerprint density at radius 1 is 1.57 bits per heavy atom. The fourth-order valence-electron chi connectivity index (χ4n) is 1.08. The SMILES string of the molecule is CC1=CC=CN/C1=C(N)/C=C\C(=N)Br. The van der Waals surface area contributed by atoms with Crippen molar-refractivity contribution in [2.45, 2.75) is 6.92 Å². The molecule has 0 saturated carbocycles. The summed E-state index contributed by atoms with van der Waals surface area (Å²) in [6.07, 6.45) is 9.00. The summed E-state index contributed by atoms with van der Waals surface area (Å²) in [6.45, 7) is 1.98. The van der Waals surface area contributed by atoms with Crippen LogP contribution in [0.4, 0.5) is 0 Å². The number of allylic oxidation sites excluding steroid dienone is 5. The molecule has 14 heavy (non-hydrogen) atoms. The van der Waals surface area contributed by atoms with Crippen LogP contribution in [0.15, 0.2) is 47.5 Å². The second-order valence-electron chi connectivity index (χ2n) is 2.86. The highest BCUT2D eigenvalue weighted by Gasteiger charge is 2.04. The largest absolute Gasteiger partial charge is 0.397 e. The van der Waals surface area contributed by atoms with E-state index in [1.54, 1.807) is 12.2 Å². The molecule has 0 aliphatic carbocycles. The van der Waals surface area contributed by atoms with Crippen LogP contribution in [0.5, 0.6) is 0 Å². The standard InChI is InChI=1S/C10H12BrN3/c1-7-3-2-6-14-10(7)8(12)4-5-9(11)13/h2-6,13-14H,12H2,1H3/b5-4-,10-8-,13-9?. The lowest BCUT2D eigenvalue weighted by Gasteiger charge is -2.13. The number of nitrogens with one attached hydrogen (secondary N) is 2. The minimum absolute atomic E-state index is 0.300. The van der Waals surface area contributed by atoms with Gasteiger partial charge in [-0.15, -0.1) is 0 Å². The summed E-state index contributed by atoms with van der Waals surface area (Å²) in [5.74, 6) is 0. The van der Waals surface area contributed by atoms with Crippen LogP contribution in [0.1, 0.15) is 6.92 Å². The van der Waals surface area contributed by atoms with Crippen molar-refractivity contribution in [1.29, 1.82) is 5.41 Å². The van der Waals surface area contributed by atoms with Crippen molar-refractivity contribution in [3.8, 4) is 0 Å². The molecule has 1 rings (SSSR count). The van der Waals surface area contributed by atoms with E-state index in [4.69, 9.17) is 11.1 Å². The zero-order valence-corrected chi connectivity index (χ0v) is 9.43. The van der Waals surface area contributed by atoms with Gasteiger partial charge < -0.3 is 11.1 Å². The molecule has 0 aromatic rings. The van der Waals surface area contributed by atoms with Crippen molar-refractivity contribution in [1.82, 2.24) is 5.32 Å². The summed E-state index contributed by atoms with van der Waals surface area (Å²) in [4.78, 5) is 0. The van der Waals surface area contributed by atoms with E-state index in [-0.39, 0.29) is 0 Å². The van der Waals surface area contributed by atoms with Crippen molar-refractivity contribution in [3.05, 3.63) is 47.5 Å². The first-order valence-electron chi connectivity index (χ1n) is 4.13. The normalized spacial score (nSPS) is 19.1. The van der Waals surface area contributed by atoms with Gasteiger partial charge in [0.2, 0.25) is 0 Å². The second kappa shape index (κ2) is 4.81. The van der Waals surface area contributed by atoms with Gasteiger partial charge in [0.05, 0.1) is 16.0 Å². The molecule has 0 bridgehead atoms. The molecule has 0 aromatic heterocycles. The van der Waals surface area contributed by atoms with Gasteiger partial charge in [0.15, 0.2) is 0 Å². The van der Waals surface area contributed by atoms with Crippen LogP contribution in [0, 0.1) is 5.41 Å². The molecule has 0 atom stereocenters. The average molecular weight is 254 g/mol. The van der Waals surface area contributed by atoms with Gasteiger partial charge in [0, 0.05) is 6.20 Å². The van der Waals surface area contributed by atoms with Crippen molar-refractivity contribution < 1.29 is 0 Å². The molecule has 4 N–H and O–H groups in total. The molecular formula is C10H12BrN3. The summed E-state index contributed by atoms with van der Waals surface area (Å²) in [7, 11) is 0. The molecule has 0 fully saturated rings. The Bertz CT molecular complexity index is 362. The van der Waals surface area contributed by atoms with Gasteiger partial charge in [-0.3, -0.25) is 5.41 Å². The summed E-state index contributed by atoms with van der Waals surface area (Å²) >= 11 is 3.01. The van der Waals surface area contributed by atoms with Crippen LogP contribution >= 0.6 is 15.9 Å². The maximum atomic E-state index is 7.15. The van der Waals surface area contributed by atoms with Crippen molar-refractivity contribution in [2.75, 3.05) is 0 Å². The van der Waals surface area contributed by atoms with E-state index in [1.807, 2.05) is 25.3 Å². The van der Waals surface area contributed by atoms with Crippen molar-refractivity contribution in [3.63, 3.8) is 0 Å². The smallest absolute Gasteiger partial charge is 0.0967 e. The molecule has 1 aliphatic heterocycles. The first kappa shape index (κ1) is 10.8. The molecule has 0 aromatic carbocycles. The summed E-state index contributed by atoms with van der Waals surface area (Å²) in [5, 5.41) is 10.2. The number of halogens is 1. The number of hydrogen-bond donors (Lipinski definition) is 3. The minimum atomic E-state index is 0.300. The molecule has 74 valence electrons. The van der Waals surface area contributed by atoms with E-state index >= 15 is 0 Å². The van der Waals surface area contributed by atoms with Crippen LogP contribution < -0.4 is 11.1 Å². The van der Waals surface area contributed by atoms with E-state index in [9.17, 15) is 0 Å². The van der Waals surface area contributed by atoms with E-state index in [0.29, 0.717) is 10.3 Å². The Hall–Kier alpha value is -1.29. The number of nitrogens with two attached hydrogens (primary N) is 1. The molecule has 0 amide bonds. The Balaban J connectivity index is 2.89. The quantitative estimate of drug-likeness (QED) is 0.661. The summed E-state index contributed by atoms with van der Waals surface area (Å²) < 4.78 is 0.300. The third kappa shape index (κ3) is 2.88. The van der Waals surface area contributed by atoms with Gasteiger partial charge in [0.25, 0.3) is 0 Å². The molecule has 0 saturated heterocycles. The summed E-state index contributed by atoms with van der Waals surface area (Å²) in [5.41, 5.74) is 8.41. The van der Waals surface area contributed by atoms with E-state index in [2.05, 4.69) is 21.2 Å². The van der Waals surface area contributed by atoms with Gasteiger partial charge in [-0.1, -0.05) is 6.08 Å². The topological polar surface area (TPSA) is 61.9 Å². The fraction of sp³-hybridized carbons (Fsp3) is 0.100.